The van der Waals surface area contributed by atoms with E-state index in [0.29, 0.717) is 5.56 Å². The predicted octanol–water partition coefficient (Wildman–Crippen LogP) is -1.48. The van der Waals surface area contributed by atoms with Gasteiger partial charge in [-0.25, -0.2) is 0 Å². The van der Waals surface area contributed by atoms with Gasteiger partial charge in [0.05, 0.1) is 0 Å². The van der Waals surface area contributed by atoms with Crippen LogP contribution in [-0.2, 0) is 16.0 Å². The topological polar surface area (TPSA) is 74.6 Å². The predicted molar refractivity (Wildman–Crippen MR) is 54.6 cm³/mol. The van der Waals surface area contributed by atoms with Crippen molar-refractivity contribution in [3.8, 4) is 0 Å². The molecule has 0 aromatic heterocycles. The Labute approximate surface area is 117 Å². The first-order valence-electron chi connectivity index (χ1n) is 4.47. The molecule has 16 heavy (non-hydrogen) atoms. The fraction of sp³-hybridized carbons (Fsp3) is 0.273. The molecule has 1 rings (SSSR count). The smallest absolute Gasteiger partial charge is 1.00 e. The van der Waals surface area contributed by atoms with Gasteiger partial charge in [0.15, 0.2) is 5.41 Å². The van der Waals surface area contributed by atoms with Gasteiger partial charge < -0.3 is 11.6 Å². The van der Waals surface area contributed by atoms with E-state index in [-0.39, 0.29) is 37.4 Å². The number of carboxylic acids is 2. The van der Waals surface area contributed by atoms with Crippen LogP contribution in [0.3, 0.4) is 0 Å². The van der Waals surface area contributed by atoms with E-state index in [4.69, 9.17) is 10.2 Å². The zero-order chi connectivity index (χ0) is 11.5. The molecule has 0 radical (unpaired) electrons. The van der Waals surface area contributed by atoms with Crippen molar-refractivity contribution >= 4 is 11.9 Å². The summed E-state index contributed by atoms with van der Waals surface area (Å²) in [6.45, 7) is 1.21. The van der Waals surface area contributed by atoms with Crippen LogP contribution in [0.5, 0.6) is 0 Å². The number of rotatable bonds is 4. The summed E-state index contributed by atoms with van der Waals surface area (Å²) in [5, 5.41) is 17.8. The molecule has 0 unspecified atom stereocenters. The Morgan fingerprint density at radius 1 is 1.19 bits per heavy atom. The summed E-state index contributed by atoms with van der Waals surface area (Å²) in [6.07, 6.45) is -0.0154. The molecule has 0 spiro atoms. The molecular weight excluding hydrogens is 219 g/mol. The molecule has 5 heteroatoms. The molecule has 0 saturated carbocycles. The van der Waals surface area contributed by atoms with E-state index in [9.17, 15) is 9.59 Å². The zero-order valence-electron chi connectivity index (χ0n) is 10.3. The molecule has 0 heterocycles. The van der Waals surface area contributed by atoms with Gasteiger partial charge in [-0.3, -0.25) is 9.59 Å². The van der Waals surface area contributed by atoms with E-state index in [1.807, 2.05) is 0 Å². The third kappa shape index (κ3) is 3.33. The summed E-state index contributed by atoms with van der Waals surface area (Å²) in [7, 11) is 0. The normalized spacial score (nSPS) is 10.3. The summed E-state index contributed by atoms with van der Waals surface area (Å²) in [5.41, 5.74) is -1.06. The first-order valence-corrected chi connectivity index (χ1v) is 4.47. The molecule has 0 amide bonds. The van der Waals surface area contributed by atoms with Crippen molar-refractivity contribution in [1.29, 1.82) is 0 Å². The van der Waals surface area contributed by atoms with Crippen LogP contribution in [0.15, 0.2) is 30.3 Å². The molecule has 0 aliphatic rings. The van der Waals surface area contributed by atoms with Crippen molar-refractivity contribution in [3.05, 3.63) is 35.9 Å². The van der Waals surface area contributed by atoms with Gasteiger partial charge in [-0.1, -0.05) is 30.3 Å². The summed E-state index contributed by atoms with van der Waals surface area (Å²) >= 11 is 0. The molecule has 0 fully saturated rings. The first kappa shape index (κ1) is 15.2. The van der Waals surface area contributed by atoms with Crippen LogP contribution in [0.1, 0.15) is 13.9 Å². The van der Waals surface area contributed by atoms with Crippen LogP contribution >= 0.6 is 0 Å². The maximum Gasteiger partial charge on any atom is 1.00 e. The Balaban J connectivity index is 0. The zero-order valence-corrected chi connectivity index (χ0v) is 11.3. The third-order valence-electron chi connectivity index (χ3n) is 2.34. The molecule has 0 aliphatic heterocycles. The van der Waals surface area contributed by atoms with Crippen molar-refractivity contribution in [2.45, 2.75) is 13.3 Å². The van der Waals surface area contributed by atoms with E-state index < -0.39 is 17.4 Å². The average molecular weight is 232 g/mol. The maximum atomic E-state index is 10.9. The van der Waals surface area contributed by atoms with Crippen LogP contribution < -0.4 is 29.6 Å². The molecule has 0 aliphatic carbocycles. The SMILES string of the molecule is CC(Cc1ccccc1)(C(=O)O)C(=O)O.[H-].[Na+]. The molecular formula is C11H13NaO4. The van der Waals surface area contributed by atoms with Crippen LogP contribution in [0, 0.1) is 5.41 Å². The molecule has 0 atom stereocenters. The Bertz CT molecular complexity index is 366. The first-order chi connectivity index (χ1) is 6.97. The Hall–Kier alpha value is -0.840. The number of hydrogen-bond acceptors (Lipinski definition) is 2. The van der Waals surface area contributed by atoms with Gasteiger partial charge in [0, 0.05) is 0 Å². The van der Waals surface area contributed by atoms with Gasteiger partial charge in [-0.15, -0.1) is 0 Å². The second-order valence-electron chi connectivity index (χ2n) is 3.60. The number of carbonyl (C=O) groups is 2. The van der Waals surface area contributed by atoms with Gasteiger partial charge in [0.1, 0.15) is 0 Å². The minimum absolute atomic E-state index is 0. The van der Waals surface area contributed by atoms with Crippen LogP contribution in [0.4, 0.5) is 0 Å². The quantitative estimate of drug-likeness (QED) is 0.490. The summed E-state index contributed by atoms with van der Waals surface area (Å²) in [4.78, 5) is 21.8. The van der Waals surface area contributed by atoms with Crippen LogP contribution in [0.25, 0.3) is 0 Å². The van der Waals surface area contributed by atoms with Crippen molar-refractivity contribution in [2.24, 2.45) is 5.41 Å². The van der Waals surface area contributed by atoms with Gasteiger partial charge in [0.2, 0.25) is 0 Å². The number of carboxylic acid groups (broad SMARTS) is 2. The standard InChI is InChI=1S/C11H12O4.Na.H/c1-11(9(12)13,10(14)15)7-8-5-3-2-4-6-8;;/h2-6H,7H2,1H3,(H,12,13)(H,14,15);;/q;+1;-1. The van der Waals surface area contributed by atoms with E-state index in [0.717, 1.165) is 0 Å². The van der Waals surface area contributed by atoms with Gasteiger partial charge in [-0.05, 0) is 18.9 Å². The third-order valence-corrected chi connectivity index (χ3v) is 2.34. The van der Waals surface area contributed by atoms with E-state index in [2.05, 4.69) is 0 Å². The maximum absolute atomic E-state index is 10.9. The van der Waals surface area contributed by atoms with Crippen molar-refractivity contribution in [3.63, 3.8) is 0 Å². The molecule has 4 nitrogen and oxygen atoms in total. The van der Waals surface area contributed by atoms with Gasteiger partial charge in [-0.2, -0.15) is 0 Å². The molecule has 0 saturated heterocycles. The second-order valence-corrected chi connectivity index (χ2v) is 3.60. The second kappa shape index (κ2) is 6.03. The molecule has 1 aromatic rings. The van der Waals surface area contributed by atoms with E-state index >= 15 is 0 Å². The van der Waals surface area contributed by atoms with Gasteiger partial charge >= 0.3 is 41.5 Å². The minimum atomic E-state index is -1.76. The summed E-state index contributed by atoms with van der Waals surface area (Å²) in [6, 6.07) is 8.72. The fourth-order valence-corrected chi connectivity index (χ4v) is 1.25. The number of hydrogen-bond donors (Lipinski definition) is 2. The van der Waals surface area contributed by atoms with Crippen LogP contribution in [0.2, 0.25) is 0 Å². The summed E-state index contributed by atoms with van der Waals surface area (Å²) in [5.74, 6) is -2.64. The molecule has 2 N–H and O–H groups in total. The Morgan fingerprint density at radius 3 is 2.00 bits per heavy atom. The number of benzene rings is 1. The minimum Gasteiger partial charge on any atom is -1.00 e. The Kier molecular flexibility index (Phi) is 5.72. The van der Waals surface area contributed by atoms with Crippen molar-refractivity contribution < 1.29 is 50.8 Å². The van der Waals surface area contributed by atoms with Crippen LogP contribution in [-0.4, -0.2) is 22.2 Å². The Morgan fingerprint density at radius 2 is 1.62 bits per heavy atom. The monoisotopic (exact) mass is 232 g/mol. The molecule has 1 aromatic carbocycles. The van der Waals surface area contributed by atoms with Crippen molar-refractivity contribution in [1.82, 2.24) is 0 Å². The number of aliphatic carboxylic acids is 2. The summed E-state index contributed by atoms with van der Waals surface area (Å²) < 4.78 is 0. The molecule has 82 valence electrons. The van der Waals surface area contributed by atoms with E-state index in [1.165, 1.54) is 6.92 Å². The fourth-order valence-electron chi connectivity index (χ4n) is 1.25. The molecule has 0 bridgehead atoms. The van der Waals surface area contributed by atoms with Crippen molar-refractivity contribution in [2.75, 3.05) is 0 Å². The average Bonchev–Trinajstić information content (AvgIpc) is 2.18. The largest absolute Gasteiger partial charge is 1.00 e. The van der Waals surface area contributed by atoms with Gasteiger partial charge in [0.25, 0.3) is 0 Å². The van der Waals surface area contributed by atoms with E-state index in [1.54, 1.807) is 30.3 Å².